The number of furan rings is 1. The van der Waals surface area contributed by atoms with Gasteiger partial charge in [-0.2, -0.15) is 0 Å². The SMILES string of the molecule is O=C(Oc1cc2oc(O)c(-c3ccc(O)cc3)c2ccc1=S)c1ccc(S)cc1. The molecule has 0 aliphatic carbocycles. The minimum atomic E-state index is -0.571. The van der Waals surface area contributed by atoms with Gasteiger partial charge in [-0.3, -0.25) is 0 Å². The zero-order valence-electron chi connectivity index (χ0n) is 14.8. The Kier molecular flexibility index (Phi) is 5.00. The highest BCUT2D eigenvalue weighted by atomic mass is 32.1. The Hall–Kier alpha value is -3.29. The van der Waals surface area contributed by atoms with E-state index in [0.29, 0.717) is 32.2 Å². The summed E-state index contributed by atoms with van der Waals surface area (Å²) in [5.74, 6) is -0.608. The molecule has 0 atom stereocenters. The summed E-state index contributed by atoms with van der Waals surface area (Å²) in [6.45, 7) is 0. The van der Waals surface area contributed by atoms with Gasteiger partial charge in [0, 0.05) is 16.3 Å². The van der Waals surface area contributed by atoms with E-state index < -0.39 is 5.97 Å². The molecule has 0 radical (unpaired) electrons. The summed E-state index contributed by atoms with van der Waals surface area (Å²) >= 11 is 9.54. The molecule has 3 aromatic carbocycles. The fourth-order valence-corrected chi connectivity index (χ4v) is 3.21. The molecule has 1 heterocycles. The monoisotopic (exact) mass is 422 g/mol. The summed E-state index contributed by atoms with van der Waals surface area (Å²) in [6, 6.07) is 17.7. The van der Waals surface area contributed by atoms with Gasteiger partial charge in [0.15, 0.2) is 5.75 Å². The minimum absolute atomic E-state index is 0.111. The number of carbonyl (C=O) groups excluding carboxylic acids is 1. The molecule has 2 N–H and O–H groups in total. The lowest BCUT2D eigenvalue weighted by atomic mass is 10.1. The van der Waals surface area contributed by atoms with E-state index in [0.717, 1.165) is 4.90 Å². The van der Waals surface area contributed by atoms with E-state index in [9.17, 15) is 15.0 Å². The summed E-state index contributed by atoms with van der Waals surface area (Å²) < 4.78 is 11.3. The van der Waals surface area contributed by atoms with Crippen molar-refractivity contribution in [3.63, 3.8) is 0 Å². The van der Waals surface area contributed by atoms with Crippen LogP contribution in [0.15, 0.2) is 76.0 Å². The molecule has 0 aliphatic rings. The fourth-order valence-electron chi connectivity index (χ4n) is 2.90. The van der Waals surface area contributed by atoms with Gasteiger partial charge in [-0.1, -0.05) is 24.4 Å². The van der Waals surface area contributed by atoms with Gasteiger partial charge in [-0.15, -0.1) is 12.6 Å². The Balaban J connectivity index is 1.78. The highest BCUT2D eigenvalue weighted by Gasteiger charge is 2.17. The Morgan fingerprint density at radius 2 is 1.66 bits per heavy atom. The van der Waals surface area contributed by atoms with Crippen molar-refractivity contribution in [2.24, 2.45) is 0 Å². The lowest BCUT2D eigenvalue weighted by Gasteiger charge is -2.03. The van der Waals surface area contributed by atoms with Crippen LogP contribution >= 0.6 is 24.8 Å². The van der Waals surface area contributed by atoms with Crippen LogP contribution in [0.2, 0.25) is 0 Å². The second-order valence-electron chi connectivity index (χ2n) is 6.25. The van der Waals surface area contributed by atoms with Crippen molar-refractivity contribution in [1.82, 2.24) is 0 Å². The number of carbonyl (C=O) groups is 1. The molecular formula is C22H14O5S2. The third-order valence-electron chi connectivity index (χ3n) is 4.32. The molecule has 0 aliphatic heterocycles. The van der Waals surface area contributed by atoms with Crippen molar-refractivity contribution < 1.29 is 24.2 Å². The first-order valence-electron chi connectivity index (χ1n) is 8.53. The van der Waals surface area contributed by atoms with E-state index in [1.807, 2.05) is 0 Å². The first-order chi connectivity index (χ1) is 13.9. The molecule has 0 fully saturated rings. The lowest BCUT2D eigenvalue weighted by molar-refractivity contribution is 0.0734. The maximum absolute atomic E-state index is 12.4. The molecule has 7 heteroatoms. The molecule has 0 bridgehead atoms. The van der Waals surface area contributed by atoms with Crippen molar-refractivity contribution in [3.8, 4) is 28.6 Å². The van der Waals surface area contributed by atoms with E-state index in [4.69, 9.17) is 21.4 Å². The van der Waals surface area contributed by atoms with Crippen LogP contribution in [0.1, 0.15) is 10.4 Å². The number of phenols is 1. The topological polar surface area (TPSA) is 79.9 Å². The van der Waals surface area contributed by atoms with Gasteiger partial charge in [0.05, 0.1) is 15.6 Å². The molecule has 0 saturated carbocycles. The number of aromatic hydroxyl groups is 2. The Bertz CT molecular complexity index is 1280. The number of hydrogen-bond acceptors (Lipinski definition) is 7. The van der Waals surface area contributed by atoms with Gasteiger partial charge in [0.25, 0.3) is 5.95 Å². The first kappa shape index (κ1) is 19.0. The standard InChI is InChI=1S/C22H14O5S2/c23-14-5-1-12(2-6-14)20-16-9-10-19(29)18(11-17(16)26-22(20)25)27-21(24)13-3-7-15(28)8-4-13/h1-11,23,25,28H. The molecular weight excluding hydrogens is 408 g/mol. The van der Waals surface area contributed by atoms with Crippen LogP contribution in [0.5, 0.6) is 17.4 Å². The highest BCUT2D eigenvalue weighted by molar-refractivity contribution is 7.80. The van der Waals surface area contributed by atoms with E-state index in [1.54, 1.807) is 48.5 Å². The number of ether oxygens (including phenoxy) is 1. The lowest BCUT2D eigenvalue weighted by Crippen LogP contribution is -2.08. The van der Waals surface area contributed by atoms with Crippen molar-refractivity contribution >= 4 is 41.8 Å². The number of benzene rings is 2. The summed E-state index contributed by atoms with van der Waals surface area (Å²) in [6.07, 6.45) is 0. The fraction of sp³-hybridized carbons (Fsp3) is 0. The van der Waals surface area contributed by atoms with Crippen LogP contribution < -0.4 is 4.74 Å². The molecule has 4 aromatic rings. The maximum Gasteiger partial charge on any atom is 0.343 e. The smallest absolute Gasteiger partial charge is 0.343 e. The summed E-state index contributed by atoms with van der Waals surface area (Å²) in [7, 11) is 0. The van der Waals surface area contributed by atoms with E-state index in [1.165, 1.54) is 18.2 Å². The van der Waals surface area contributed by atoms with Crippen LogP contribution in [-0.2, 0) is 0 Å². The Morgan fingerprint density at radius 1 is 0.966 bits per heavy atom. The highest BCUT2D eigenvalue weighted by Crippen LogP contribution is 2.40. The van der Waals surface area contributed by atoms with E-state index in [-0.39, 0.29) is 17.4 Å². The molecule has 4 rings (SSSR count). The summed E-state index contributed by atoms with van der Waals surface area (Å²) in [5.41, 5.74) is 1.76. The third-order valence-corrected chi connectivity index (χ3v) is 4.96. The van der Waals surface area contributed by atoms with Gasteiger partial charge in [-0.25, -0.2) is 4.79 Å². The van der Waals surface area contributed by atoms with Crippen LogP contribution in [0, 0.1) is 4.51 Å². The Morgan fingerprint density at radius 3 is 2.34 bits per heavy atom. The van der Waals surface area contributed by atoms with Gasteiger partial charge >= 0.3 is 5.97 Å². The third kappa shape index (κ3) is 3.83. The number of rotatable bonds is 3. The summed E-state index contributed by atoms with van der Waals surface area (Å²) in [4.78, 5) is 13.2. The molecule has 1 aromatic heterocycles. The molecule has 29 heavy (non-hydrogen) atoms. The van der Waals surface area contributed by atoms with Gasteiger partial charge < -0.3 is 19.4 Å². The largest absolute Gasteiger partial charge is 0.508 e. The quantitative estimate of drug-likeness (QED) is 0.222. The molecule has 5 nitrogen and oxygen atoms in total. The average molecular weight is 422 g/mol. The predicted molar refractivity (Wildman–Crippen MR) is 114 cm³/mol. The van der Waals surface area contributed by atoms with Crippen LogP contribution in [0.3, 0.4) is 0 Å². The second kappa shape index (κ2) is 7.62. The molecule has 0 unspecified atom stereocenters. The predicted octanol–water partition coefficient (Wildman–Crippen LogP) is 5.75. The molecule has 144 valence electrons. The zero-order chi connectivity index (χ0) is 20.5. The Labute approximate surface area is 176 Å². The summed E-state index contributed by atoms with van der Waals surface area (Å²) in [5, 5.41) is 20.4. The van der Waals surface area contributed by atoms with Gasteiger partial charge in [0.2, 0.25) is 0 Å². The first-order valence-corrected chi connectivity index (χ1v) is 9.38. The van der Waals surface area contributed by atoms with Crippen LogP contribution in [-0.4, -0.2) is 16.2 Å². The number of phenolic OH excluding ortho intramolecular Hbond substituents is 1. The van der Waals surface area contributed by atoms with Gasteiger partial charge in [-0.05, 0) is 54.1 Å². The van der Waals surface area contributed by atoms with Crippen molar-refractivity contribution in [2.45, 2.75) is 4.90 Å². The second-order valence-corrected chi connectivity index (χ2v) is 7.21. The van der Waals surface area contributed by atoms with Crippen LogP contribution in [0.4, 0.5) is 0 Å². The number of fused-ring (bicyclic) bond motifs is 1. The zero-order valence-corrected chi connectivity index (χ0v) is 16.5. The molecule has 0 amide bonds. The van der Waals surface area contributed by atoms with E-state index in [2.05, 4.69) is 12.6 Å². The van der Waals surface area contributed by atoms with E-state index >= 15 is 0 Å². The van der Waals surface area contributed by atoms with Crippen molar-refractivity contribution in [3.05, 3.63) is 76.8 Å². The number of esters is 1. The maximum atomic E-state index is 12.4. The number of hydrogen-bond donors (Lipinski definition) is 3. The normalized spacial score (nSPS) is 10.8. The van der Waals surface area contributed by atoms with Crippen molar-refractivity contribution in [2.75, 3.05) is 0 Å². The average Bonchev–Trinajstić information content (AvgIpc) is 2.93. The molecule has 0 spiro atoms. The van der Waals surface area contributed by atoms with Crippen LogP contribution in [0.25, 0.3) is 22.1 Å². The minimum Gasteiger partial charge on any atom is -0.508 e. The molecule has 0 saturated heterocycles. The van der Waals surface area contributed by atoms with Gasteiger partial charge in [0.1, 0.15) is 11.3 Å². The number of thiol groups is 1. The van der Waals surface area contributed by atoms with Crippen molar-refractivity contribution in [1.29, 1.82) is 0 Å².